The molecule has 4 nitrogen and oxygen atoms in total. The van der Waals surface area contributed by atoms with Crippen molar-refractivity contribution in [2.45, 2.75) is 58.3 Å². The Morgan fingerprint density at radius 2 is 1.79 bits per heavy atom. The van der Waals surface area contributed by atoms with Crippen molar-refractivity contribution in [3.8, 4) is 11.5 Å². The fourth-order valence-electron chi connectivity index (χ4n) is 3.09. The van der Waals surface area contributed by atoms with E-state index in [0.717, 1.165) is 38.1 Å². The average molecular weight is 333 g/mol. The molecule has 1 aromatic carbocycles. The smallest absolute Gasteiger partial charge is 0.253 e. The monoisotopic (exact) mass is 333 g/mol. The second-order valence-corrected chi connectivity index (χ2v) is 6.48. The van der Waals surface area contributed by atoms with Gasteiger partial charge in [-0.25, -0.2) is 0 Å². The first-order valence-corrected chi connectivity index (χ1v) is 9.36. The molecule has 0 unspecified atom stereocenters. The van der Waals surface area contributed by atoms with E-state index in [0.29, 0.717) is 17.9 Å². The van der Waals surface area contributed by atoms with Gasteiger partial charge in [-0.05, 0) is 37.5 Å². The first-order chi connectivity index (χ1) is 11.8. The number of hydrogen-bond donors (Lipinski definition) is 0. The van der Waals surface area contributed by atoms with Crippen LogP contribution in [0.15, 0.2) is 18.2 Å². The first kappa shape index (κ1) is 18.6. The van der Waals surface area contributed by atoms with E-state index in [1.54, 1.807) is 7.11 Å². The highest BCUT2D eigenvalue weighted by atomic mass is 16.5. The summed E-state index contributed by atoms with van der Waals surface area (Å²) in [5.74, 6) is 1.47. The maximum absolute atomic E-state index is 12.7. The largest absolute Gasteiger partial charge is 0.493 e. The number of carbonyl (C=O) groups excluding carboxylic acids is 1. The van der Waals surface area contributed by atoms with Crippen LogP contribution < -0.4 is 9.47 Å². The van der Waals surface area contributed by atoms with Gasteiger partial charge in [0.1, 0.15) is 0 Å². The molecular weight excluding hydrogens is 302 g/mol. The Kier molecular flexibility index (Phi) is 7.93. The highest BCUT2D eigenvalue weighted by Crippen LogP contribution is 2.29. The Labute approximate surface area is 146 Å². The SMILES string of the molecule is CCCCCCOc1ccc(C(=O)N2CCCCCC2)cc1OC. The van der Waals surface area contributed by atoms with Gasteiger partial charge in [0, 0.05) is 18.7 Å². The number of unbranched alkanes of at least 4 members (excludes halogenated alkanes) is 3. The Bertz CT molecular complexity index is 508. The van der Waals surface area contributed by atoms with Crippen LogP contribution in [0.4, 0.5) is 0 Å². The van der Waals surface area contributed by atoms with Crippen molar-refractivity contribution in [1.82, 2.24) is 4.90 Å². The van der Waals surface area contributed by atoms with Gasteiger partial charge >= 0.3 is 0 Å². The van der Waals surface area contributed by atoms with Crippen molar-refractivity contribution in [3.63, 3.8) is 0 Å². The molecule has 0 bridgehead atoms. The topological polar surface area (TPSA) is 38.8 Å². The van der Waals surface area contributed by atoms with Crippen LogP contribution >= 0.6 is 0 Å². The molecule has 0 aromatic heterocycles. The fourth-order valence-corrected chi connectivity index (χ4v) is 3.09. The fraction of sp³-hybridized carbons (Fsp3) is 0.650. The van der Waals surface area contributed by atoms with Gasteiger partial charge in [-0.2, -0.15) is 0 Å². The van der Waals surface area contributed by atoms with Crippen LogP contribution in [0.25, 0.3) is 0 Å². The lowest BCUT2D eigenvalue weighted by molar-refractivity contribution is 0.0761. The van der Waals surface area contributed by atoms with Gasteiger partial charge < -0.3 is 14.4 Å². The van der Waals surface area contributed by atoms with Crippen molar-refractivity contribution in [3.05, 3.63) is 23.8 Å². The molecule has 134 valence electrons. The summed E-state index contributed by atoms with van der Waals surface area (Å²) in [6.07, 6.45) is 9.33. The maximum atomic E-state index is 12.7. The van der Waals surface area contributed by atoms with E-state index in [-0.39, 0.29) is 5.91 Å². The highest BCUT2D eigenvalue weighted by molar-refractivity contribution is 5.95. The van der Waals surface area contributed by atoms with E-state index < -0.39 is 0 Å². The number of benzene rings is 1. The van der Waals surface area contributed by atoms with Crippen LogP contribution in [0.1, 0.15) is 68.6 Å². The minimum atomic E-state index is 0.102. The van der Waals surface area contributed by atoms with Crippen LogP contribution in [0.3, 0.4) is 0 Å². The summed E-state index contributed by atoms with van der Waals surface area (Å²) in [6.45, 7) is 4.60. The Morgan fingerprint density at radius 3 is 2.46 bits per heavy atom. The van der Waals surface area contributed by atoms with Crippen LogP contribution in [0, 0.1) is 0 Å². The zero-order valence-corrected chi connectivity index (χ0v) is 15.2. The molecule has 0 atom stereocenters. The van der Waals surface area contributed by atoms with Crippen LogP contribution in [0.5, 0.6) is 11.5 Å². The molecule has 0 spiro atoms. The van der Waals surface area contributed by atoms with Crippen molar-refractivity contribution in [2.75, 3.05) is 26.8 Å². The lowest BCUT2D eigenvalue weighted by atomic mass is 10.1. The van der Waals surface area contributed by atoms with Crippen LogP contribution in [-0.2, 0) is 0 Å². The van der Waals surface area contributed by atoms with Crippen molar-refractivity contribution in [2.24, 2.45) is 0 Å². The molecule has 1 heterocycles. The molecular formula is C20H31NO3. The number of amides is 1. The Hall–Kier alpha value is -1.71. The Morgan fingerprint density at radius 1 is 1.04 bits per heavy atom. The summed E-state index contributed by atoms with van der Waals surface area (Å²) in [6, 6.07) is 5.54. The molecule has 2 rings (SSSR count). The van der Waals surface area contributed by atoms with Crippen LogP contribution in [0.2, 0.25) is 0 Å². The number of ether oxygens (including phenoxy) is 2. The van der Waals surface area contributed by atoms with E-state index in [1.165, 1.54) is 32.1 Å². The second kappa shape index (κ2) is 10.2. The number of likely N-dealkylation sites (tertiary alicyclic amines) is 1. The number of nitrogens with zero attached hydrogens (tertiary/aromatic N) is 1. The third-order valence-corrected chi connectivity index (χ3v) is 4.56. The number of rotatable bonds is 8. The summed E-state index contributed by atoms with van der Waals surface area (Å²) >= 11 is 0. The third kappa shape index (κ3) is 5.43. The molecule has 24 heavy (non-hydrogen) atoms. The van der Waals surface area contributed by atoms with E-state index in [2.05, 4.69) is 6.92 Å². The summed E-state index contributed by atoms with van der Waals surface area (Å²) in [5.41, 5.74) is 0.687. The third-order valence-electron chi connectivity index (χ3n) is 4.56. The first-order valence-electron chi connectivity index (χ1n) is 9.36. The molecule has 0 radical (unpaired) electrons. The minimum absolute atomic E-state index is 0.102. The van der Waals surface area contributed by atoms with Gasteiger partial charge in [-0.1, -0.05) is 39.0 Å². The zero-order valence-electron chi connectivity index (χ0n) is 15.2. The molecule has 4 heteroatoms. The minimum Gasteiger partial charge on any atom is -0.493 e. The quantitative estimate of drug-likeness (QED) is 0.649. The van der Waals surface area contributed by atoms with Gasteiger partial charge in [0.2, 0.25) is 0 Å². The van der Waals surface area contributed by atoms with Gasteiger partial charge in [0.15, 0.2) is 11.5 Å². The molecule has 1 amide bonds. The highest BCUT2D eigenvalue weighted by Gasteiger charge is 2.19. The average Bonchev–Trinajstić information content (AvgIpc) is 2.90. The van der Waals surface area contributed by atoms with Gasteiger partial charge in [0.05, 0.1) is 13.7 Å². The molecule has 0 aliphatic carbocycles. The van der Waals surface area contributed by atoms with E-state index in [4.69, 9.17) is 9.47 Å². The molecule has 1 aromatic rings. The lowest BCUT2D eigenvalue weighted by Crippen LogP contribution is -2.31. The molecule has 1 aliphatic rings. The van der Waals surface area contributed by atoms with Crippen molar-refractivity contribution >= 4 is 5.91 Å². The molecule has 1 aliphatic heterocycles. The summed E-state index contributed by atoms with van der Waals surface area (Å²) in [5, 5.41) is 0. The van der Waals surface area contributed by atoms with Gasteiger partial charge in [0.25, 0.3) is 5.91 Å². The normalized spacial score (nSPS) is 15.0. The van der Waals surface area contributed by atoms with Gasteiger partial charge in [-0.15, -0.1) is 0 Å². The van der Waals surface area contributed by atoms with E-state index in [9.17, 15) is 4.79 Å². The molecule has 0 N–H and O–H groups in total. The summed E-state index contributed by atoms with van der Waals surface area (Å²) < 4.78 is 11.3. The zero-order chi connectivity index (χ0) is 17.2. The van der Waals surface area contributed by atoms with Crippen molar-refractivity contribution in [1.29, 1.82) is 0 Å². The van der Waals surface area contributed by atoms with Gasteiger partial charge in [-0.3, -0.25) is 4.79 Å². The number of hydrogen-bond acceptors (Lipinski definition) is 3. The van der Waals surface area contributed by atoms with E-state index in [1.807, 2.05) is 23.1 Å². The predicted molar refractivity (Wildman–Crippen MR) is 97.0 cm³/mol. The molecule has 0 saturated carbocycles. The summed E-state index contributed by atoms with van der Waals surface area (Å²) in [7, 11) is 1.62. The maximum Gasteiger partial charge on any atom is 0.253 e. The number of carbonyl (C=O) groups is 1. The number of methoxy groups -OCH3 is 1. The van der Waals surface area contributed by atoms with Crippen LogP contribution in [-0.4, -0.2) is 37.6 Å². The molecule has 1 fully saturated rings. The summed E-state index contributed by atoms with van der Waals surface area (Å²) in [4.78, 5) is 14.7. The second-order valence-electron chi connectivity index (χ2n) is 6.48. The molecule has 1 saturated heterocycles. The Balaban J connectivity index is 1.97. The standard InChI is InChI=1S/C20H31NO3/c1-3-4-5-10-15-24-18-12-11-17(16-19(18)23-2)20(22)21-13-8-6-7-9-14-21/h11-12,16H,3-10,13-15H2,1-2H3. The predicted octanol–water partition coefficient (Wildman–Crippen LogP) is 4.67. The lowest BCUT2D eigenvalue weighted by Gasteiger charge is -2.21. The van der Waals surface area contributed by atoms with Crippen molar-refractivity contribution < 1.29 is 14.3 Å². The van der Waals surface area contributed by atoms with E-state index >= 15 is 0 Å².